The second-order valence-corrected chi connectivity index (χ2v) is 13.2. The molecule has 0 atom stereocenters. The summed E-state index contributed by atoms with van der Waals surface area (Å²) in [4.78, 5) is 0. The topological polar surface area (TPSA) is 46.7 Å². The Bertz CT molecular complexity index is 1810. The fourth-order valence-corrected chi connectivity index (χ4v) is 6.30. The molecule has 3 heterocycles. The zero-order valence-electron chi connectivity index (χ0n) is 28.4. The van der Waals surface area contributed by atoms with Crippen LogP contribution in [0.2, 0.25) is 0 Å². The van der Waals surface area contributed by atoms with Gasteiger partial charge in [-0.05, 0) is 46.2 Å². The average Bonchev–Trinajstić information content (AvgIpc) is 3.87. The Labute approximate surface area is 285 Å². The molecule has 3 aromatic heterocycles. The summed E-state index contributed by atoms with van der Waals surface area (Å²) in [5.74, 6) is 0. The third-order valence-corrected chi connectivity index (χ3v) is 9.09. The van der Waals surface area contributed by atoms with Crippen molar-refractivity contribution in [1.82, 2.24) is 13.7 Å². The van der Waals surface area contributed by atoms with Gasteiger partial charge in [-0.2, -0.15) is 0 Å². The second-order valence-electron chi connectivity index (χ2n) is 13.2. The molecule has 6 aromatic rings. The van der Waals surface area contributed by atoms with E-state index in [0.717, 1.165) is 44.8 Å². The van der Waals surface area contributed by atoms with E-state index in [9.17, 15) is 5.11 Å². The minimum atomic E-state index is 0.0822. The van der Waals surface area contributed by atoms with Crippen molar-refractivity contribution in [3.05, 3.63) is 162 Å². The Morgan fingerprint density at radius 1 is 0.458 bits per heavy atom. The molecule has 6 rings (SSSR count). The molecule has 0 aliphatic carbocycles. The van der Waals surface area contributed by atoms with Crippen molar-refractivity contribution in [1.29, 1.82) is 0 Å². The van der Waals surface area contributed by atoms with E-state index in [1.165, 1.54) is 66.3 Å². The van der Waals surface area contributed by atoms with Crippen LogP contribution in [0.5, 0.6) is 0 Å². The molecule has 0 saturated heterocycles. The molecule has 0 saturated carbocycles. The molecule has 48 heavy (non-hydrogen) atoms. The summed E-state index contributed by atoms with van der Waals surface area (Å²) in [7, 11) is 0. The Morgan fingerprint density at radius 2 is 0.833 bits per heavy atom. The lowest BCUT2D eigenvalue weighted by molar-refractivity contribution is -0.688. The largest absolute Gasteiger partial charge is 0.392 e. The van der Waals surface area contributed by atoms with Crippen LogP contribution in [0.1, 0.15) is 78.8 Å². The van der Waals surface area contributed by atoms with E-state index in [1.54, 1.807) is 0 Å². The van der Waals surface area contributed by atoms with Crippen LogP contribution in [0.4, 0.5) is 0 Å². The fraction of sp³-hybridized carbons (Fsp3) is 0.341. The van der Waals surface area contributed by atoms with Crippen molar-refractivity contribution >= 4 is 0 Å². The van der Waals surface area contributed by atoms with Crippen LogP contribution in [0.15, 0.2) is 129 Å². The van der Waals surface area contributed by atoms with Crippen molar-refractivity contribution in [2.75, 3.05) is 0 Å². The summed E-state index contributed by atoms with van der Waals surface area (Å²) >= 11 is 0. The molecule has 248 valence electrons. The summed E-state index contributed by atoms with van der Waals surface area (Å²) in [5.41, 5.74) is 7.37. The predicted molar refractivity (Wildman–Crippen MR) is 188 cm³/mol. The molecular weight excluding hydrogens is 592 g/mol. The first-order valence-electron chi connectivity index (χ1n) is 17.6. The van der Waals surface area contributed by atoms with Gasteiger partial charge in [0.15, 0.2) is 0 Å². The molecule has 0 radical (unpaired) electrons. The number of hydrogen-bond acceptors (Lipinski definition) is 1. The number of aryl methyl sites for hydroxylation is 1. The lowest BCUT2D eigenvalue weighted by Gasteiger charge is -2.03. The van der Waals surface area contributed by atoms with Gasteiger partial charge in [-0.1, -0.05) is 105 Å². The molecule has 0 fully saturated rings. The highest BCUT2D eigenvalue weighted by molar-refractivity contribution is 5.24. The van der Waals surface area contributed by atoms with Crippen molar-refractivity contribution in [2.24, 2.45) is 0 Å². The average molecular weight is 644 g/mol. The van der Waals surface area contributed by atoms with E-state index >= 15 is 0 Å². The maximum absolute atomic E-state index is 9.26. The van der Waals surface area contributed by atoms with Crippen LogP contribution in [0, 0.1) is 0 Å². The molecule has 3 aromatic carbocycles. The highest BCUT2D eigenvalue weighted by Crippen LogP contribution is 2.10. The number of aromatic nitrogens is 6. The number of benzene rings is 3. The van der Waals surface area contributed by atoms with E-state index < -0.39 is 0 Å². The first-order chi connectivity index (χ1) is 23.6. The van der Waals surface area contributed by atoms with E-state index in [4.69, 9.17) is 0 Å². The number of nitrogens with zero attached hydrogens (tertiary/aromatic N) is 6. The van der Waals surface area contributed by atoms with Crippen molar-refractivity contribution in [2.45, 2.75) is 91.3 Å². The summed E-state index contributed by atoms with van der Waals surface area (Å²) in [5, 5.41) is 9.26. The highest BCUT2D eigenvalue weighted by atomic mass is 16.3. The first-order valence-corrected chi connectivity index (χ1v) is 17.6. The first kappa shape index (κ1) is 33.2. The number of hydrogen-bond donors (Lipinski definition) is 1. The van der Waals surface area contributed by atoms with Crippen LogP contribution in [-0.4, -0.2) is 18.8 Å². The van der Waals surface area contributed by atoms with Crippen LogP contribution in [0.25, 0.3) is 0 Å². The Hall–Kier alpha value is -4.75. The van der Waals surface area contributed by atoms with Crippen LogP contribution in [-0.2, 0) is 45.9 Å². The molecule has 0 amide bonds. The summed E-state index contributed by atoms with van der Waals surface area (Å²) in [6.45, 7) is 7.73. The van der Waals surface area contributed by atoms with Gasteiger partial charge < -0.3 is 5.11 Å². The third kappa shape index (κ3) is 9.88. The zero-order valence-corrected chi connectivity index (χ0v) is 28.4. The van der Waals surface area contributed by atoms with Gasteiger partial charge in [-0.25, -0.2) is 27.4 Å². The maximum atomic E-state index is 9.26. The van der Waals surface area contributed by atoms with Crippen molar-refractivity contribution in [3.8, 4) is 0 Å². The monoisotopic (exact) mass is 643 g/mol. The SMILES string of the molecule is CCCCCCCCn1cc[n+](Cc2ccc(C[n+]3ccn(Cc4ccc(Cn5cc[n+](Cc6ccc(CO)cc6)c5)cc4)c3)cc2)c1. The van der Waals surface area contributed by atoms with Gasteiger partial charge in [0.25, 0.3) is 0 Å². The van der Waals surface area contributed by atoms with Crippen molar-refractivity contribution < 1.29 is 18.8 Å². The van der Waals surface area contributed by atoms with Crippen LogP contribution in [0.3, 0.4) is 0 Å². The Kier molecular flexibility index (Phi) is 11.7. The van der Waals surface area contributed by atoms with Gasteiger partial charge in [0.05, 0.1) is 13.2 Å². The summed E-state index contributed by atoms with van der Waals surface area (Å²) in [6, 6.07) is 26.1. The van der Waals surface area contributed by atoms with Crippen LogP contribution >= 0.6 is 0 Å². The lowest BCUT2D eigenvalue weighted by atomic mass is 10.1. The zero-order chi connectivity index (χ0) is 33.0. The number of aliphatic hydroxyl groups excluding tert-OH is 1. The molecule has 0 spiro atoms. The standard InChI is InChI=1S/C41H51N6O/c1-2-3-4-5-6-7-20-42-21-22-43(33-42)27-36-8-10-37(11-9-36)28-44-23-24-45(34-44)29-38-12-14-39(15-13-38)30-46-25-26-47(35-46)31-40-16-18-41(32-48)19-17-40/h8-19,21-26,33-35,48H,2-7,20,27-32H2,1H3/q+3. The van der Waals surface area contributed by atoms with Gasteiger partial charge in [-0.3, -0.25) is 0 Å². The number of aliphatic hydroxyl groups is 1. The Morgan fingerprint density at radius 3 is 1.29 bits per heavy atom. The summed E-state index contributed by atoms with van der Waals surface area (Å²) < 4.78 is 13.5. The number of rotatable bonds is 18. The van der Waals surface area contributed by atoms with E-state index in [0.29, 0.717) is 0 Å². The van der Waals surface area contributed by atoms with E-state index in [2.05, 4.69) is 151 Å². The normalized spacial score (nSPS) is 11.4. The minimum absolute atomic E-state index is 0.0822. The lowest BCUT2D eigenvalue weighted by Crippen LogP contribution is -2.32. The van der Waals surface area contributed by atoms with E-state index in [-0.39, 0.29) is 6.61 Å². The van der Waals surface area contributed by atoms with Gasteiger partial charge in [0.1, 0.15) is 69.9 Å². The number of imidazole rings is 3. The predicted octanol–water partition coefficient (Wildman–Crippen LogP) is 6.05. The van der Waals surface area contributed by atoms with Crippen molar-refractivity contribution in [3.63, 3.8) is 0 Å². The van der Waals surface area contributed by atoms with Gasteiger partial charge in [0, 0.05) is 0 Å². The molecule has 0 aliphatic heterocycles. The van der Waals surface area contributed by atoms with Gasteiger partial charge in [-0.15, -0.1) is 0 Å². The second kappa shape index (κ2) is 16.9. The van der Waals surface area contributed by atoms with E-state index in [1.807, 2.05) is 12.1 Å². The Balaban J connectivity index is 0.938. The molecular formula is C41H51N6O+3. The highest BCUT2D eigenvalue weighted by Gasteiger charge is 2.10. The minimum Gasteiger partial charge on any atom is -0.392 e. The van der Waals surface area contributed by atoms with Gasteiger partial charge in [0.2, 0.25) is 19.0 Å². The smallest absolute Gasteiger partial charge is 0.244 e. The third-order valence-electron chi connectivity index (χ3n) is 9.09. The molecule has 7 heteroatoms. The molecule has 1 N–H and O–H groups in total. The molecule has 0 aliphatic rings. The molecule has 0 unspecified atom stereocenters. The molecule has 7 nitrogen and oxygen atoms in total. The molecule has 0 bridgehead atoms. The van der Waals surface area contributed by atoms with Gasteiger partial charge >= 0.3 is 0 Å². The quantitative estimate of drug-likeness (QED) is 0.0901. The maximum Gasteiger partial charge on any atom is 0.244 e. The number of unbranched alkanes of at least 4 members (excludes halogenated alkanes) is 5. The van der Waals surface area contributed by atoms with Crippen LogP contribution < -0.4 is 13.7 Å². The summed E-state index contributed by atoms with van der Waals surface area (Å²) in [6.07, 6.45) is 27.5. The fourth-order valence-electron chi connectivity index (χ4n) is 6.30.